The van der Waals surface area contributed by atoms with Gasteiger partial charge >= 0.3 is 0 Å². The number of nitrogens with one attached hydrogen (secondary N) is 1. The van der Waals surface area contributed by atoms with Gasteiger partial charge in [0.15, 0.2) is 0 Å². The predicted octanol–water partition coefficient (Wildman–Crippen LogP) is 0.582. The summed E-state index contributed by atoms with van der Waals surface area (Å²) in [5.41, 5.74) is 5.55. The molecule has 0 aliphatic carbocycles. The molecule has 116 valence electrons. The highest BCUT2D eigenvalue weighted by molar-refractivity contribution is 7.80. The topological polar surface area (TPSA) is 61.6 Å². The first-order chi connectivity index (χ1) is 9.16. The van der Waals surface area contributed by atoms with Gasteiger partial charge in [-0.3, -0.25) is 14.6 Å². The van der Waals surface area contributed by atoms with Crippen LogP contribution in [0, 0.1) is 0 Å². The van der Waals surface area contributed by atoms with Gasteiger partial charge in [0.25, 0.3) is 0 Å². The second kappa shape index (κ2) is 6.83. The lowest BCUT2D eigenvalue weighted by Crippen LogP contribution is -2.61. The Morgan fingerprint density at radius 3 is 2.10 bits per heavy atom. The van der Waals surface area contributed by atoms with Crippen LogP contribution in [0.15, 0.2) is 0 Å². The summed E-state index contributed by atoms with van der Waals surface area (Å²) in [6.45, 7) is 13.5. The number of carbonyl (C=O) groups is 1. The molecule has 1 fully saturated rings. The quantitative estimate of drug-likeness (QED) is 0.727. The molecule has 1 amide bonds. The monoisotopic (exact) mass is 300 g/mol. The Morgan fingerprint density at radius 1 is 1.20 bits per heavy atom. The molecule has 0 aromatic rings. The first kappa shape index (κ1) is 17.3. The fourth-order valence-corrected chi connectivity index (χ4v) is 2.52. The summed E-state index contributed by atoms with van der Waals surface area (Å²) in [4.78, 5) is 17.1. The molecule has 0 aromatic carbocycles. The van der Waals surface area contributed by atoms with Crippen molar-refractivity contribution >= 4 is 23.1 Å². The Balaban J connectivity index is 2.54. The number of carbonyl (C=O) groups excluding carboxylic acids is 1. The molecular formula is C14H28N4OS. The Hall–Kier alpha value is -0.720. The van der Waals surface area contributed by atoms with Gasteiger partial charge in [-0.1, -0.05) is 12.2 Å². The number of nitrogens with two attached hydrogens (primary N) is 1. The molecule has 3 N–H and O–H groups in total. The Labute approximate surface area is 127 Å². The van der Waals surface area contributed by atoms with Crippen LogP contribution in [0.1, 0.15) is 34.6 Å². The van der Waals surface area contributed by atoms with Gasteiger partial charge in [-0.2, -0.15) is 0 Å². The van der Waals surface area contributed by atoms with Crippen LogP contribution in [0.4, 0.5) is 0 Å². The van der Waals surface area contributed by atoms with Crippen LogP contribution >= 0.6 is 12.2 Å². The van der Waals surface area contributed by atoms with E-state index in [0.717, 1.165) is 26.2 Å². The van der Waals surface area contributed by atoms with Crippen molar-refractivity contribution in [1.82, 2.24) is 15.1 Å². The van der Waals surface area contributed by atoms with Gasteiger partial charge in [-0.25, -0.2) is 0 Å². The van der Waals surface area contributed by atoms with E-state index < -0.39 is 0 Å². The number of amides is 1. The maximum absolute atomic E-state index is 12.0. The standard InChI is InChI=1S/C14H28N4OS/c1-10(2)16-12(19)11(3)17-6-8-18(9-7-17)14(4,5)13(15)20/h10-11H,6-9H2,1-5H3,(H2,15,20)(H,16,19). The molecule has 20 heavy (non-hydrogen) atoms. The summed E-state index contributed by atoms with van der Waals surface area (Å²) in [7, 11) is 0. The van der Waals surface area contributed by atoms with Gasteiger partial charge in [-0.05, 0) is 34.6 Å². The average molecular weight is 300 g/mol. The lowest BCUT2D eigenvalue weighted by Gasteiger charge is -2.44. The van der Waals surface area contributed by atoms with E-state index in [1.807, 2.05) is 20.8 Å². The summed E-state index contributed by atoms with van der Waals surface area (Å²) in [5.74, 6) is 0.0991. The van der Waals surface area contributed by atoms with Gasteiger partial charge in [0.2, 0.25) is 5.91 Å². The molecule has 6 heteroatoms. The van der Waals surface area contributed by atoms with Crippen molar-refractivity contribution in [3.63, 3.8) is 0 Å². The van der Waals surface area contributed by atoms with Crippen LogP contribution in [-0.2, 0) is 4.79 Å². The van der Waals surface area contributed by atoms with Gasteiger partial charge in [0.05, 0.1) is 16.6 Å². The molecule has 1 rings (SSSR count). The number of piperazine rings is 1. The predicted molar refractivity (Wildman–Crippen MR) is 86.8 cm³/mol. The third-order valence-corrected chi connectivity index (χ3v) is 4.57. The molecule has 1 heterocycles. The summed E-state index contributed by atoms with van der Waals surface area (Å²) in [6.07, 6.45) is 0. The number of rotatable bonds is 5. The van der Waals surface area contributed by atoms with Crippen molar-refractivity contribution in [2.45, 2.75) is 52.2 Å². The minimum Gasteiger partial charge on any atom is -0.392 e. The van der Waals surface area contributed by atoms with E-state index in [4.69, 9.17) is 18.0 Å². The number of hydrogen-bond donors (Lipinski definition) is 2. The van der Waals surface area contributed by atoms with Crippen molar-refractivity contribution in [2.24, 2.45) is 5.73 Å². The minimum absolute atomic E-state index is 0.0903. The molecule has 0 bridgehead atoms. The minimum atomic E-state index is -0.259. The summed E-state index contributed by atoms with van der Waals surface area (Å²) in [6, 6.07) is 0.0901. The zero-order chi connectivity index (χ0) is 15.5. The molecule has 5 nitrogen and oxygen atoms in total. The van der Waals surface area contributed by atoms with Crippen molar-refractivity contribution in [1.29, 1.82) is 0 Å². The molecule has 0 radical (unpaired) electrons. The lowest BCUT2D eigenvalue weighted by molar-refractivity contribution is -0.127. The van der Waals surface area contributed by atoms with E-state index in [0.29, 0.717) is 4.99 Å². The molecule has 1 aliphatic heterocycles. The lowest BCUT2D eigenvalue weighted by atomic mass is 10.0. The summed E-state index contributed by atoms with van der Waals surface area (Å²) < 4.78 is 0. The summed E-state index contributed by atoms with van der Waals surface area (Å²) >= 11 is 5.14. The molecule has 1 unspecified atom stereocenters. The van der Waals surface area contributed by atoms with Crippen LogP contribution < -0.4 is 11.1 Å². The summed E-state index contributed by atoms with van der Waals surface area (Å²) in [5, 5.41) is 2.96. The third kappa shape index (κ3) is 4.14. The average Bonchev–Trinajstić information content (AvgIpc) is 2.37. The maximum Gasteiger partial charge on any atom is 0.237 e. The van der Waals surface area contributed by atoms with Crippen molar-refractivity contribution in [3.8, 4) is 0 Å². The molecule has 1 saturated heterocycles. The van der Waals surface area contributed by atoms with E-state index in [1.54, 1.807) is 0 Å². The highest BCUT2D eigenvalue weighted by Crippen LogP contribution is 2.18. The van der Waals surface area contributed by atoms with Gasteiger partial charge in [-0.15, -0.1) is 0 Å². The van der Waals surface area contributed by atoms with Crippen molar-refractivity contribution in [2.75, 3.05) is 26.2 Å². The van der Waals surface area contributed by atoms with Crippen LogP contribution in [-0.4, -0.2) is 64.5 Å². The van der Waals surface area contributed by atoms with Crippen LogP contribution in [0.3, 0.4) is 0 Å². The second-order valence-corrected chi connectivity index (χ2v) is 6.73. The number of hydrogen-bond acceptors (Lipinski definition) is 4. The molecule has 0 spiro atoms. The van der Waals surface area contributed by atoms with E-state index >= 15 is 0 Å². The number of nitrogens with zero attached hydrogens (tertiary/aromatic N) is 2. The number of thiocarbonyl (C=S) groups is 1. The van der Waals surface area contributed by atoms with E-state index in [-0.39, 0.29) is 23.5 Å². The fraction of sp³-hybridized carbons (Fsp3) is 0.857. The second-order valence-electron chi connectivity index (χ2n) is 6.29. The highest BCUT2D eigenvalue weighted by atomic mass is 32.1. The van der Waals surface area contributed by atoms with Crippen LogP contribution in [0.5, 0.6) is 0 Å². The Bertz CT molecular complexity index is 362. The third-order valence-electron chi connectivity index (χ3n) is 4.07. The van der Waals surface area contributed by atoms with E-state index in [2.05, 4.69) is 29.0 Å². The first-order valence-corrected chi connectivity index (χ1v) is 7.66. The highest BCUT2D eigenvalue weighted by Gasteiger charge is 2.34. The van der Waals surface area contributed by atoms with Gasteiger partial charge in [0.1, 0.15) is 0 Å². The zero-order valence-electron chi connectivity index (χ0n) is 13.3. The first-order valence-electron chi connectivity index (χ1n) is 7.25. The zero-order valence-corrected chi connectivity index (χ0v) is 14.1. The largest absolute Gasteiger partial charge is 0.392 e. The van der Waals surface area contributed by atoms with Crippen molar-refractivity contribution in [3.05, 3.63) is 0 Å². The van der Waals surface area contributed by atoms with Crippen molar-refractivity contribution < 1.29 is 4.79 Å². The van der Waals surface area contributed by atoms with E-state index in [9.17, 15) is 4.79 Å². The molecule has 1 aliphatic rings. The van der Waals surface area contributed by atoms with Crippen LogP contribution in [0.2, 0.25) is 0 Å². The molecule has 0 aromatic heterocycles. The molecule has 1 atom stereocenters. The van der Waals surface area contributed by atoms with E-state index in [1.165, 1.54) is 0 Å². The van der Waals surface area contributed by atoms with Crippen LogP contribution in [0.25, 0.3) is 0 Å². The van der Waals surface area contributed by atoms with Gasteiger partial charge in [0, 0.05) is 32.2 Å². The Kier molecular flexibility index (Phi) is 5.91. The maximum atomic E-state index is 12.0. The molecular weight excluding hydrogens is 272 g/mol. The smallest absolute Gasteiger partial charge is 0.237 e. The normalized spacial score (nSPS) is 19.9. The SMILES string of the molecule is CC(C)NC(=O)C(C)N1CCN(C(C)(C)C(N)=S)CC1. The molecule has 0 saturated carbocycles. The fourth-order valence-electron chi connectivity index (χ4n) is 2.40. The van der Waals surface area contributed by atoms with Gasteiger partial charge < -0.3 is 11.1 Å². The Morgan fingerprint density at radius 2 is 1.70 bits per heavy atom.